The van der Waals surface area contributed by atoms with Gasteiger partial charge in [-0.2, -0.15) is 0 Å². The Morgan fingerprint density at radius 3 is 2.38 bits per heavy atom. The van der Waals surface area contributed by atoms with Crippen molar-refractivity contribution < 1.29 is 4.79 Å². The van der Waals surface area contributed by atoms with Crippen molar-refractivity contribution in [3.8, 4) is 0 Å². The lowest BCUT2D eigenvalue weighted by Gasteiger charge is -2.34. The number of nitrogens with two attached hydrogens (primary N) is 1. The minimum atomic E-state index is -0.206. The van der Waals surface area contributed by atoms with Crippen LogP contribution < -0.4 is 11.3 Å². The summed E-state index contributed by atoms with van der Waals surface area (Å²) >= 11 is 1.51. The molecular formula is C18H24N4OS. The van der Waals surface area contributed by atoms with Gasteiger partial charge in [-0.1, -0.05) is 30.3 Å². The van der Waals surface area contributed by atoms with Gasteiger partial charge < -0.3 is 0 Å². The Balaban J connectivity index is 1.52. The van der Waals surface area contributed by atoms with E-state index in [-0.39, 0.29) is 5.91 Å². The van der Waals surface area contributed by atoms with Gasteiger partial charge in [-0.15, -0.1) is 11.3 Å². The van der Waals surface area contributed by atoms with Gasteiger partial charge in [0.1, 0.15) is 0 Å². The molecule has 3 rings (SSSR count). The first-order chi connectivity index (χ1) is 11.7. The van der Waals surface area contributed by atoms with E-state index < -0.39 is 0 Å². The molecule has 1 aromatic carbocycles. The Labute approximate surface area is 147 Å². The number of carbonyl (C=O) groups excluding carboxylic acids is 1. The van der Waals surface area contributed by atoms with Crippen molar-refractivity contribution in [2.24, 2.45) is 5.84 Å². The average Bonchev–Trinajstić information content (AvgIpc) is 2.97. The maximum Gasteiger partial charge on any atom is 0.275 e. The minimum Gasteiger partial charge on any atom is -0.297 e. The summed E-state index contributed by atoms with van der Waals surface area (Å²) in [4.78, 5) is 18.5. The van der Waals surface area contributed by atoms with Gasteiger partial charge in [-0.05, 0) is 24.1 Å². The zero-order valence-corrected chi connectivity index (χ0v) is 14.8. The number of thiophene rings is 1. The van der Waals surface area contributed by atoms with E-state index in [4.69, 9.17) is 5.84 Å². The molecule has 0 atom stereocenters. The van der Waals surface area contributed by atoms with Gasteiger partial charge in [0.25, 0.3) is 5.91 Å². The third-order valence-electron chi connectivity index (χ3n) is 4.48. The third kappa shape index (κ3) is 4.21. The number of hydrazine groups is 1. The molecule has 1 fully saturated rings. The fraction of sp³-hybridized carbons (Fsp3) is 0.389. The highest BCUT2D eigenvalue weighted by molar-refractivity contribution is 7.14. The molecule has 0 saturated carbocycles. The minimum absolute atomic E-state index is 0.206. The first-order valence-electron chi connectivity index (χ1n) is 8.24. The molecular weight excluding hydrogens is 320 g/mol. The van der Waals surface area contributed by atoms with E-state index in [2.05, 4.69) is 52.5 Å². The van der Waals surface area contributed by atoms with Crippen LogP contribution in [0.1, 0.15) is 25.7 Å². The Morgan fingerprint density at radius 2 is 1.75 bits per heavy atom. The number of hydrogen-bond acceptors (Lipinski definition) is 5. The molecule has 0 radical (unpaired) electrons. The van der Waals surface area contributed by atoms with Crippen LogP contribution in [-0.2, 0) is 13.1 Å². The quantitative estimate of drug-likeness (QED) is 0.495. The first kappa shape index (κ1) is 17.1. The summed E-state index contributed by atoms with van der Waals surface area (Å²) in [6.45, 7) is 8.26. The summed E-state index contributed by atoms with van der Waals surface area (Å²) < 4.78 is 0. The molecule has 1 amide bonds. The molecule has 6 heteroatoms. The van der Waals surface area contributed by atoms with Gasteiger partial charge in [0.2, 0.25) is 0 Å². The lowest BCUT2D eigenvalue weighted by atomic mass is 10.2. The van der Waals surface area contributed by atoms with Crippen molar-refractivity contribution in [3.63, 3.8) is 0 Å². The Bertz CT molecular complexity index is 678. The SMILES string of the molecule is Cc1sc(C(=O)NN)cc1CN1CCN(Cc2ccccc2)CC1. The van der Waals surface area contributed by atoms with E-state index in [0.717, 1.165) is 39.3 Å². The van der Waals surface area contributed by atoms with Gasteiger partial charge in [0.15, 0.2) is 0 Å². The Morgan fingerprint density at radius 1 is 1.12 bits per heavy atom. The van der Waals surface area contributed by atoms with Gasteiger partial charge in [-0.3, -0.25) is 20.0 Å². The number of piperazine rings is 1. The van der Waals surface area contributed by atoms with Crippen LogP contribution in [0.2, 0.25) is 0 Å². The van der Waals surface area contributed by atoms with Crippen LogP contribution in [-0.4, -0.2) is 41.9 Å². The molecule has 24 heavy (non-hydrogen) atoms. The largest absolute Gasteiger partial charge is 0.297 e. The number of amides is 1. The van der Waals surface area contributed by atoms with Crippen LogP contribution in [0.3, 0.4) is 0 Å². The van der Waals surface area contributed by atoms with Crippen molar-refractivity contribution in [2.75, 3.05) is 26.2 Å². The van der Waals surface area contributed by atoms with Crippen molar-refractivity contribution in [2.45, 2.75) is 20.0 Å². The highest BCUT2D eigenvalue weighted by Crippen LogP contribution is 2.23. The molecule has 0 bridgehead atoms. The van der Waals surface area contributed by atoms with Gasteiger partial charge in [0, 0.05) is 44.1 Å². The number of nitrogen functional groups attached to an aromatic ring is 1. The third-order valence-corrected chi connectivity index (χ3v) is 5.57. The maximum atomic E-state index is 11.6. The molecule has 0 spiro atoms. The van der Waals surface area contributed by atoms with Gasteiger partial charge in [0.05, 0.1) is 4.88 Å². The van der Waals surface area contributed by atoms with Crippen molar-refractivity contribution in [3.05, 3.63) is 57.3 Å². The maximum absolute atomic E-state index is 11.6. The number of benzene rings is 1. The predicted molar refractivity (Wildman–Crippen MR) is 97.7 cm³/mol. The van der Waals surface area contributed by atoms with Crippen LogP contribution in [0.4, 0.5) is 0 Å². The monoisotopic (exact) mass is 344 g/mol. The molecule has 3 N–H and O–H groups in total. The molecule has 2 heterocycles. The number of nitrogens with zero attached hydrogens (tertiary/aromatic N) is 2. The molecule has 2 aromatic rings. The number of nitrogens with one attached hydrogen (secondary N) is 1. The van der Waals surface area contributed by atoms with Crippen molar-refractivity contribution in [1.29, 1.82) is 0 Å². The standard InChI is InChI=1S/C18H24N4OS/c1-14-16(11-17(24-14)18(23)20-19)13-22-9-7-21(8-10-22)12-15-5-3-2-4-6-15/h2-6,11H,7-10,12-13,19H2,1H3,(H,20,23). The highest BCUT2D eigenvalue weighted by Gasteiger charge is 2.19. The van der Waals surface area contributed by atoms with Crippen LogP contribution in [0.15, 0.2) is 36.4 Å². The average molecular weight is 344 g/mol. The summed E-state index contributed by atoms with van der Waals surface area (Å²) in [5.41, 5.74) is 4.81. The summed E-state index contributed by atoms with van der Waals surface area (Å²) in [6, 6.07) is 12.6. The molecule has 1 aliphatic rings. The second-order valence-electron chi connectivity index (χ2n) is 6.20. The summed E-state index contributed by atoms with van der Waals surface area (Å²) in [7, 11) is 0. The van der Waals surface area contributed by atoms with E-state index in [0.29, 0.717) is 4.88 Å². The van der Waals surface area contributed by atoms with Crippen LogP contribution in [0.5, 0.6) is 0 Å². The lowest BCUT2D eigenvalue weighted by Crippen LogP contribution is -2.45. The molecule has 1 saturated heterocycles. The number of hydrogen-bond donors (Lipinski definition) is 2. The first-order valence-corrected chi connectivity index (χ1v) is 9.06. The molecule has 0 unspecified atom stereocenters. The van der Waals surface area contributed by atoms with E-state index in [1.165, 1.54) is 27.3 Å². The van der Waals surface area contributed by atoms with Crippen LogP contribution in [0, 0.1) is 6.92 Å². The van der Waals surface area contributed by atoms with E-state index >= 15 is 0 Å². The molecule has 128 valence electrons. The van der Waals surface area contributed by atoms with Crippen LogP contribution in [0.25, 0.3) is 0 Å². The molecule has 5 nitrogen and oxygen atoms in total. The molecule has 0 aliphatic carbocycles. The molecule has 1 aromatic heterocycles. The van der Waals surface area contributed by atoms with E-state index in [1.807, 2.05) is 6.07 Å². The van der Waals surface area contributed by atoms with Gasteiger partial charge in [-0.25, -0.2) is 5.84 Å². The fourth-order valence-corrected chi connectivity index (χ4v) is 3.99. The van der Waals surface area contributed by atoms with E-state index in [1.54, 1.807) is 0 Å². The second kappa shape index (κ2) is 7.90. The molecule has 1 aliphatic heterocycles. The zero-order chi connectivity index (χ0) is 16.9. The highest BCUT2D eigenvalue weighted by atomic mass is 32.1. The summed E-state index contributed by atoms with van der Waals surface area (Å²) in [6.07, 6.45) is 0. The summed E-state index contributed by atoms with van der Waals surface area (Å²) in [5.74, 6) is 5.01. The Hall–Kier alpha value is -1.73. The lowest BCUT2D eigenvalue weighted by molar-refractivity contribution is 0.0957. The Kier molecular flexibility index (Phi) is 5.63. The van der Waals surface area contributed by atoms with E-state index in [9.17, 15) is 4.79 Å². The summed E-state index contributed by atoms with van der Waals surface area (Å²) in [5, 5.41) is 0. The van der Waals surface area contributed by atoms with Crippen molar-refractivity contribution in [1.82, 2.24) is 15.2 Å². The zero-order valence-electron chi connectivity index (χ0n) is 14.0. The van der Waals surface area contributed by atoms with Crippen molar-refractivity contribution >= 4 is 17.2 Å². The van der Waals surface area contributed by atoms with Gasteiger partial charge >= 0.3 is 0 Å². The second-order valence-corrected chi connectivity index (χ2v) is 7.46. The number of rotatable bonds is 5. The number of aryl methyl sites for hydroxylation is 1. The van der Waals surface area contributed by atoms with Crippen LogP contribution >= 0.6 is 11.3 Å². The number of carbonyl (C=O) groups is 1. The fourth-order valence-electron chi connectivity index (χ4n) is 3.05. The topological polar surface area (TPSA) is 61.6 Å². The smallest absolute Gasteiger partial charge is 0.275 e. The predicted octanol–water partition coefficient (Wildman–Crippen LogP) is 1.98. The normalized spacial score (nSPS) is 16.2.